The number of rotatable bonds is 5. The summed E-state index contributed by atoms with van der Waals surface area (Å²) in [6.07, 6.45) is 0. The second-order valence-corrected chi connectivity index (χ2v) is 9.49. The van der Waals surface area contributed by atoms with Crippen LogP contribution in [0.25, 0.3) is 33.3 Å². The maximum Gasteiger partial charge on any atom is 0.267 e. The molecule has 0 spiro atoms. The zero-order valence-corrected chi connectivity index (χ0v) is 21.0. The molecule has 4 nitrogen and oxygen atoms in total. The molecular formula is C28H20Cl3N3O. The summed E-state index contributed by atoms with van der Waals surface area (Å²) >= 11 is 18.8. The predicted octanol–water partition coefficient (Wildman–Crippen LogP) is 8.10. The van der Waals surface area contributed by atoms with Gasteiger partial charge >= 0.3 is 0 Å². The molecule has 0 aliphatic heterocycles. The third-order valence-electron chi connectivity index (χ3n) is 5.87. The standard InChI is InChI=1S/C28H20Cl3N3O/c1-16-19(15-32-28(35)26-13-18-4-2-3-5-25(18)34-26)12-23(22-11-10-21(30)14-24(22)31)27(33-16)17-6-8-20(29)9-7-17/h2-14,34H,15H2,1H3,(H,32,35). The topological polar surface area (TPSA) is 57.8 Å². The van der Waals surface area contributed by atoms with Crippen LogP contribution in [0.2, 0.25) is 15.1 Å². The summed E-state index contributed by atoms with van der Waals surface area (Å²) in [5, 5.41) is 5.71. The lowest BCUT2D eigenvalue weighted by Crippen LogP contribution is -2.23. The molecule has 3 aromatic carbocycles. The number of carbonyl (C=O) groups is 1. The van der Waals surface area contributed by atoms with Crippen molar-refractivity contribution in [2.45, 2.75) is 13.5 Å². The minimum absolute atomic E-state index is 0.187. The van der Waals surface area contributed by atoms with E-state index in [2.05, 4.69) is 10.3 Å². The Hall–Kier alpha value is -3.31. The second kappa shape index (κ2) is 9.74. The maximum atomic E-state index is 12.9. The van der Waals surface area contributed by atoms with E-state index in [-0.39, 0.29) is 5.91 Å². The number of para-hydroxylation sites is 1. The van der Waals surface area contributed by atoms with Crippen molar-refractivity contribution in [1.82, 2.24) is 15.3 Å². The molecule has 2 heterocycles. The van der Waals surface area contributed by atoms with Crippen molar-refractivity contribution in [3.63, 3.8) is 0 Å². The maximum absolute atomic E-state index is 12.9. The first-order chi connectivity index (χ1) is 16.9. The van der Waals surface area contributed by atoms with Gasteiger partial charge in [-0.15, -0.1) is 0 Å². The number of amides is 1. The number of nitrogens with zero attached hydrogens (tertiary/aromatic N) is 1. The number of aromatic amines is 1. The zero-order valence-electron chi connectivity index (χ0n) is 18.7. The Morgan fingerprint density at radius 2 is 1.63 bits per heavy atom. The molecule has 0 bridgehead atoms. The van der Waals surface area contributed by atoms with Crippen LogP contribution in [0.4, 0.5) is 0 Å². The van der Waals surface area contributed by atoms with Gasteiger partial charge in [-0.05, 0) is 55.0 Å². The Balaban J connectivity index is 1.51. The quantitative estimate of drug-likeness (QED) is 0.246. The van der Waals surface area contributed by atoms with E-state index >= 15 is 0 Å². The number of pyridine rings is 1. The summed E-state index contributed by atoms with van der Waals surface area (Å²) in [5.74, 6) is -0.187. The Bertz CT molecular complexity index is 1530. The van der Waals surface area contributed by atoms with Crippen LogP contribution in [0.5, 0.6) is 0 Å². The highest BCUT2D eigenvalue weighted by molar-refractivity contribution is 6.36. The van der Waals surface area contributed by atoms with E-state index in [0.717, 1.165) is 44.5 Å². The third-order valence-corrected chi connectivity index (χ3v) is 6.67. The van der Waals surface area contributed by atoms with Crippen LogP contribution in [-0.4, -0.2) is 15.9 Å². The number of H-pyrrole nitrogens is 1. The van der Waals surface area contributed by atoms with Crippen molar-refractivity contribution in [2.24, 2.45) is 0 Å². The summed E-state index contributed by atoms with van der Waals surface area (Å²) < 4.78 is 0. The van der Waals surface area contributed by atoms with Crippen LogP contribution in [0, 0.1) is 6.92 Å². The summed E-state index contributed by atoms with van der Waals surface area (Å²) in [6, 6.07) is 24.5. The van der Waals surface area contributed by atoms with Crippen LogP contribution in [-0.2, 0) is 6.54 Å². The molecule has 2 aromatic heterocycles. The molecule has 35 heavy (non-hydrogen) atoms. The first kappa shape index (κ1) is 23.4. The van der Waals surface area contributed by atoms with Crippen molar-refractivity contribution in [3.8, 4) is 22.4 Å². The van der Waals surface area contributed by atoms with Gasteiger partial charge in [0.05, 0.1) is 5.69 Å². The van der Waals surface area contributed by atoms with Crippen molar-refractivity contribution >= 4 is 51.6 Å². The van der Waals surface area contributed by atoms with E-state index in [4.69, 9.17) is 39.8 Å². The van der Waals surface area contributed by atoms with Gasteiger partial charge in [-0.2, -0.15) is 0 Å². The molecular weight excluding hydrogens is 501 g/mol. The molecule has 5 aromatic rings. The highest BCUT2D eigenvalue weighted by atomic mass is 35.5. The lowest BCUT2D eigenvalue weighted by atomic mass is 9.96. The van der Waals surface area contributed by atoms with Crippen LogP contribution in [0.3, 0.4) is 0 Å². The fraction of sp³-hybridized carbons (Fsp3) is 0.0714. The van der Waals surface area contributed by atoms with Crippen molar-refractivity contribution in [3.05, 3.63) is 111 Å². The Morgan fingerprint density at radius 3 is 2.37 bits per heavy atom. The molecule has 7 heteroatoms. The SMILES string of the molecule is Cc1nc(-c2ccc(Cl)cc2)c(-c2ccc(Cl)cc2Cl)cc1CNC(=O)c1cc2ccccc2[nH]1. The molecule has 0 saturated heterocycles. The van der Waals surface area contributed by atoms with Gasteiger partial charge in [-0.3, -0.25) is 9.78 Å². The molecule has 0 fully saturated rings. The van der Waals surface area contributed by atoms with Crippen LogP contribution < -0.4 is 5.32 Å². The van der Waals surface area contributed by atoms with Gasteiger partial charge in [0.25, 0.3) is 5.91 Å². The van der Waals surface area contributed by atoms with Crippen LogP contribution in [0.15, 0.2) is 78.9 Å². The van der Waals surface area contributed by atoms with E-state index in [1.54, 1.807) is 12.1 Å². The number of fused-ring (bicyclic) bond motifs is 1. The first-order valence-corrected chi connectivity index (χ1v) is 12.1. The van der Waals surface area contributed by atoms with Gasteiger partial charge in [0.1, 0.15) is 5.69 Å². The van der Waals surface area contributed by atoms with Crippen LogP contribution in [0.1, 0.15) is 21.7 Å². The fourth-order valence-electron chi connectivity index (χ4n) is 4.03. The predicted molar refractivity (Wildman–Crippen MR) is 144 cm³/mol. The number of aryl methyl sites for hydroxylation is 1. The van der Waals surface area contributed by atoms with Crippen molar-refractivity contribution in [2.75, 3.05) is 0 Å². The zero-order chi connectivity index (χ0) is 24.5. The molecule has 174 valence electrons. The molecule has 5 rings (SSSR count). The lowest BCUT2D eigenvalue weighted by Gasteiger charge is -2.16. The molecule has 0 radical (unpaired) electrons. The normalized spacial score (nSPS) is 11.1. The van der Waals surface area contributed by atoms with E-state index in [1.165, 1.54) is 0 Å². The number of carbonyl (C=O) groups excluding carboxylic acids is 1. The second-order valence-electron chi connectivity index (χ2n) is 8.21. The fourth-order valence-corrected chi connectivity index (χ4v) is 4.67. The third kappa shape index (κ3) is 4.92. The van der Waals surface area contributed by atoms with Gasteiger partial charge in [-0.1, -0.05) is 71.2 Å². The van der Waals surface area contributed by atoms with Gasteiger partial charge in [-0.25, -0.2) is 0 Å². The largest absolute Gasteiger partial charge is 0.351 e. The van der Waals surface area contributed by atoms with Gasteiger partial charge < -0.3 is 10.3 Å². The number of aromatic nitrogens is 2. The van der Waals surface area contributed by atoms with E-state index < -0.39 is 0 Å². The van der Waals surface area contributed by atoms with Gasteiger partial charge in [0.15, 0.2) is 0 Å². The molecule has 0 atom stereocenters. The van der Waals surface area contributed by atoms with Gasteiger partial charge in [0.2, 0.25) is 0 Å². The highest BCUT2D eigenvalue weighted by Crippen LogP contribution is 2.37. The Labute approximate surface area is 217 Å². The number of hydrogen-bond acceptors (Lipinski definition) is 2. The smallest absolute Gasteiger partial charge is 0.267 e. The average molecular weight is 521 g/mol. The minimum Gasteiger partial charge on any atom is -0.351 e. The number of halogens is 3. The van der Waals surface area contributed by atoms with Crippen LogP contribution >= 0.6 is 34.8 Å². The summed E-state index contributed by atoms with van der Waals surface area (Å²) in [5.41, 5.74) is 6.44. The van der Waals surface area contributed by atoms with Crippen molar-refractivity contribution < 1.29 is 4.79 Å². The van der Waals surface area contributed by atoms with E-state index in [0.29, 0.717) is 27.3 Å². The Kier molecular flexibility index (Phi) is 6.52. The average Bonchev–Trinajstić information content (AvgIpc) is 3.28. The number of nitrogens with one attached hydrogen (secondary N) is 2. The molecule has 0 aliphatic carbocycles. The Morgan fingerprint density at radius 1 is 0.886 bits per heavy atom. The number of hydrogen-bond donors (Lipinski definition) is 2. The van der Waals surface area contributed by atoms with E-state index in [9.17, 15) is 4.79 Å². The summed E-state index contributed by atoms with van der Waals surface area (Å²) in [6.45, 7) is 2.24. The van der Waals surface area contributed by atoms with E-state index in [1.807, 2.05) is 73.7 Å². The minimum atomic E-state index is -0.187. The molecule has 2 N–H and O–H groups in total. The summed E-state index contributed by atoms with van der Waals surface area (Å²) in [4.78, 5) is 20.9. The lowest BCUT2D eigenvalue weighted by molar-refractivity contribution is 0.0946. The molecule has 0 saturated carbocycles. The first-order valence-electron chi connectivity index (χ1n) is 11.0. The molecule has 1 amide bonds. The molecule has 0 aliphatic rings. The summed E-state index contributed by atoms with van der Waals surface area (Å²) in [7, 11) is 0. The number of benzene rings is 3. The van der Waals surface area contributed by atoms with Gasteiger partial charge in [0, 0.05) is 54.9 Å². The van der Waals surface area contributed by atoms with Crippen molar-refractivity contribution in [1.29, 1.82) is 0 Å². The monoisotopic (exact) mass is 519 g/mol. The highest BCUT2D eigenvalue weighted by Gasteiger charge is 2.17. The molecule has 0 unspecified atom stereocenters.